The first-order valence-corrected chi connectivity index (χ1v) is 12.9. The molecule has 0 aliphatic heterocycles. The second kappa shape index (κ2) is 12.9. The predicted molar refractivity (Wildman–Crippen MR) is 154 cm³/mol. The molecule has 2 amide bonds. The number of carbonyl (C=O) groups is 2. The van der Waals surface area contributed by atoms with Crippen LogP contribution >= 0.6 is 0 Å². The molecule has 0 radical (unpaired) electrons. The molecular formula is C32H28F3N5O2. The Morgan fingerprint density at radius 2 is 1.62 bits per heavy atom. The van der Waals surface area contributed by atoms with Crippen molar-refractivity contribution < 1.29 is 22.8 Å². The van der Waals surface area contributed by atoms with Gasteiger partial charge in [0.2, 0.25) is 5.91 Å². The van der Waals surface area contributed by atoms with Crippen molar-refractivity contribution in [2.75, 3.05) is 0 Å². The maximum Gasteiger partial charge on any atom is 0.251 e. The van der Waals surface area contributed by atoms with Gasteiger partial charge in [-0.25, -0.2) is 13.2 Å². The number of aromatic nitrogens is 1. The molecule has 1 atom stereocenters. The van der Waals surface area contributed by atoms with Gasteiger partial charge in [-0.3, -0.25) is 20.0 Å². The average Bonchev–Trinajstić information content (AvgIpc) is 2.95. The number of carbonyl (C=O) groups excluding carboxylic acids is 2. The Labute approximate surface area is 240 Å². The lowest BCUT2D eigenvalue weighted by Crippen LogP contribution is -2.32. The second-order valence-corrected chi connectivity index (χ2v) is 9.68. The van der Waals surface area contributed by atoms with Gasteiger partial charge in [0.1, 0.15) is 17.5 Å². The number of rotatable bonds is 10. The smallest absolute Gasteiger partial charge is 0.251 e. The van der Waals surface area contributed by atoms with Crippen molar-refractivity contribution in [3.05, 3.63) is 136 Å². The molecule has 0 bridgehead atoms. The highest BCUT2D eigenvalue weighted by Crippen LogP contribution is 2.30. The summed E-state index contributed by atoms with van der Waals surface area (Å²) in [6.07, 6.45) is 1.16. The molecule has 0 fully saturated rings. The summed E-state index contributed by atoms with van der Waals surface area (Å²) in [6.45, 7) is 1.59. The molecule has 3 aromatic carbocycles. The van der Waals surface area contributed by atoms with Crippen molar-refractivity contribution in [2.45, 2.75) is 25.8 Å². The Kier molecular flexibility index (Phi) is 9.16. The minimum atomic E-state index is -0.961. The van der Waals surface area contributed by atoms with Crippen LogP contribution in [0.5, 0.6) is 0 Å². The van der Waals surface area contributed by atoms with Crippen LogP contribution in [0.4, 0.5) is 13.2 Å². The monoisotopic (exact) mass is 571 g/mol. The predicted octanol–water partition coefficient (Wildman–Crippen LogP) is 5.36. The van der Waals surface area contributed by atoms with Gasteiger partial charge in [-0.15, -0.1) is 0 Å². The summed E-state index contributed by atoms with van der Waals surface area (Å²) in [5.41, 5.74) is 13.7. The van der Waals surface area contributed by atoms with Crippen LogP contribution in [-0.2, 0) is 11.2 Å². The van der Waals surface area contributed by atoms with Crippen LogP contribution in [0.1, 0.15) is 46.6 Å². The van der Waals surface area contributed by atoms with Crippen molar-refractivity contribution in [1.29, 1.82) is 5.41 Å². The number of hydrogen-bond acceptors (Lipinski definition) is 5. The zero-order valence-corrected chi connectivity index (χ0v) is 22.6. The number of halogens is 3. The summed E-state index contributed by atoms with van der Waals surface area (Å²) in [7, 11) is 0. The summed E-state index contributed by atoms with van der Waals surface area (Å²) < 4.78 is 42.4. The normalized spacial score (nSPS) is 12.3. The fourth-order valence-electron chi connectivity index (χ4n) is 4.61. The molecule has 4 rings (SSSR count). The third-order valence-electron chi connectivity index (χ3n) is 6.59. The Balaban J connectivity index is 1.73. The van der Waals surface area contributed by atoms with E-state index in [0.29, 0.717) is 28.0 Å². The maximum absolute atomic E-state index is 14.2. The first-order valence-electron chi connectivity index (χ1n) is 12.9. The molecule has 0 saturated heterocycles. The lowest BCUT2D eigenvalue weighted by molar-refractivity contribution is -0.121. The van der Waals surface area contributed by atoms with E-state index in [1.54, 1.807) is 49.4 Å². The first-order chi connectivity index (χ1) is 20.0. The third-order valence-corrected chi connectivity index (χ3v) is 6.59. The highest BCUT2D eigenvalue weighted by Gasteiger charge is 2.24. The van der Waals surface area contributed by atoms with Crippen molar-refractivity contribution in [1.82, 2.24) is 10.3 Å². The van der Waals surface area contributed by atoms with Crippen LogP contribution in [0, 0.1) is 22.9 Å². The fourth-order valence-corrected chi connectivity index (χ4v) is 4.61. The number of primary amides is 1. The van der Waals surface area contributed by atoms with Gasteiger partial charge >= 0.3 is 0 Å². The van der Waals surface area contributed by atoms with Gasteiger partial charge in [-0.05, 0) is 60.4 Å². The molecule has 0 aliphatic rings. The first kappa shape index (κ1) is 29.7. The van der Waals surface area contributed by atoms with E-state index < -0.39 is 35.3 Å². The number of nitrogens with one attached hydrogen (secondary N) is 2. The number of benzene rings is 3. The van der Waals surface area contributed by atoms with Gasteiger partial charge in [-0.1, -0.05) is 42.5 Å². The van der Waals surface area contributed by atoms with E-state index in [1.807, 2.05) is 0 Å². The SMILES string of the molecule is C/C(N)=C(\CC(=O)NC(Cc1cc(F)cc(F)c1)c1ncccc1-c1ccc(F)c(C(N)=O)c1)C(=N)c1ccccc1. The fraction of sp³-hybridized carbons (Fsp3) is 0.125. The topological polar surface area (TPSA) is 135 Å². The van der Waals surface area contributed by atoms with Crippen molar-refractivity contribution >= 4 is 17.5 Å². The molecule has 1 aromatic heterocycles. The van der Waals surface area contributed by atoms with Gasteiger partial charge in [0.25, 0.3) is 5.91 Å². The zero-order chi connectivity index (χ0) is 30.4. The van der Waals surface area contributed by atoms with Crippen molar-refractivity contribution in [3.8, 4) is 11.1 Å². The second-order valence-electron chi connectivity index (χ2n) is 9.68. The van der Waals surface area contributed by atoms with Crippen LogP contribution in [0.2, 0.25) is 0 Å². The molecule has 0 aliphatic carbocycles. The van der Waals surface area contributed by atoms with Gasteiger partial charge in [-0.2, -0.15) is 0 Å². The molecule has 1 heterocycles. The van der Waals surface area contributed by atoms with E-state index >= 15 is 0 Å². The molecule has 214 valence electrons. The molecule has 1 unspecified atom stereocenters. The standard InChI is InChI=1S/C32H28F3N5O2/c1-18(36)25(30(37)20-6-3-2-4-7-20)17-29(41)40-28(14-19-12-22(33)16-23(34)13-19)31-24(8-5-11-39-31)21-9-10-27(35)26(15-21)32(38)42/h2-13,15-16,28,37H,14,17,36H2,1H3,(H2,38,42)(H,40,41)/b25-18-,37-30?. The van der Waals surface area contributed by atoms with E-state index in [1.165, 1.54) is 18.3 Å². The number of nitrogens with two attached hydrogens (primary N) is 2. The van der Waals surface area contributed by atoms with Crippen molar-refractivity contribution in [2.24, 2.45) is 11.5 Å². The molecular weight excluding hydrogens is 543 g/mol. The quantitative estimate of drug-likeness (QED) is 0.191. The lowest BCUT2D eigenvalue weighted by Gasteiger charge is -2.22. The summed E-state index contributed by atoms with van der Waals surface area (Å²) in [5.74, 6) is -3.86. The Morgan fingerprint density at radius 1 is 0.929 bits per heavy atom. The van der Waals surface area contributed by atoms with Crippen LogP contribution in [0.25, 0.3) is 11.1 Å². The van der Waals surface area contributed by atoms with E-state index in [0.717, 1.165) is 24.3 Å². The summed E-state index contributed by atoms with van der Waals surface area (Å²) in [5, 5.41) is 11.5. The highest BCUT2D eigenvalue weighted by molar-refractivity contribution is 6.13. The van der Waals surface area contributed by atoms with Crippen LogP contribution in [0.15, 0.2) is 96.3 Å². The number of pyridine rings is 1. The zero-order valence-electron chi connectivity index (χ0n) is 22.6. The van der Waals surface area contributed by atoms with E-state index in [9.17, 15) is 22.8 Å². The molecule has 0 spiro atoms. The van der Waals surface area contributed by atoms with Gasteiger partial charge < -0.3 is 16.8 Å². The van der Waals surface area contributed by atoms with Crippen LogP contribution < -0.4 is 16.8 Å². The summed E-state index contributed by atoms with van der Waals surface area (Å²) in [6, 6.07) is 18.0. The van der Waals surface area contributed by atoms with Gasteiger partial charge in [0.15, 0.2) is 0 Å². The summed E-state index contributed by atoms with van der Waals surface area (Å²) in [4.78, 5) is 29.7. The lowest BCUT2D eigenvalue weighted by atomic mass is 9.93. The van der Waals surface area contributed by atoms with E-state index in [2.05, 4.69) is 10.3 Å². The molecule has 4 aromatic rings. The Hall–Kier alpha value is -5.25. The maximum atomic E-state index is 14.2. The van der Waals surface area contributed by atoms with Crippen LogP contribution in [0.3, 0.4) is 0 Å². The van der Waals surface area contributed by atoms with Gasteiger partial charge in [0.05, 0.1) is 29.4 Å². The largest absolute Gasteiger partial charge is 0.402 e. The Morgan fingerprint density at radius 3 is 2.26 bits per heavy atom. The van der Waals surface area contributed by atoms with Crippen molar-refractivity contribution in [3.63, 3.8) is 0 Å². The molecule has 0 saturated carbocycles. The van der Waals surface area contributed by atoms with Gasteiger partial charge in [0, 0.05) is 29.1 Å². The minimum Gasteiger partial charge on any atom is -0.402 e. The number of allylic oxidation sites excluding steroid dienone is 1. The molecule has 6 N–H and O–H groups in total. The summed E-state index contributed by atoms with van der Waals surface area (Å²) >= 11 is 0. The number of amides is 2. The third kappa shape index (κ3) is 7.08. The van der Waals surface area contributed by atoms with E-state index in [-0.39, 0.29) is 35.4 Å². The van der Waals surface area contributed by atoms with E-state index in [4.69, 9.17) is 16.9 Å². The molecule has 7 nitrogen and oxygen atoms in total. The molecule has 10 heteroatoms. The number of nitrogens with zero attached hydrogens (tertiary/aromatic N) is 1. The minimum absolute atomic E-state index is 0.0644. The highest BCUT2D eigenvalue weighted by atomic mass is 19.1. The number of hydrogen-bond donors (Lipinski definition) is 4. The average molecular weight is 572 g/mol. The Bertz CT molecular complexity index is 1660. The molecule has 42 heavy (non-hydrogen) atoms. The van der Waals surface area contributed by atoms with Crippen LogP contribution in [-0.4, -0.2) is 22.5 Å².